The standard InChI is InChI=1S/C40H46N4O8S2.2FH/c1-25(43-23-33(46)30-14-16-32(45)38-31(30)15-17-36(47)44-38)22-26-6-10-28(11-7-26)51-24-37(48)42-19-18-41-27-8-12-29(13-9-27)52-40(39(49)50,34-4-2-20-53-34)35-5-3-21-54-35;;/h2-7,10-11,14-17,20-21,25,27,29,33,41,43,45-46H,8-9,12-13,18-19,22-24H2,1H3,(H,42,48)(H,44,47)(H,49,50);2*1H/t25?,27-,29-,33-;;/m0../s1. The number of benzene rings is 2. The Kier molecular flexibility index (Phi) is 16.1. The zero-order valence-corrected chi connectivity index (χ0v) is 32.4. The van der Waals surface area contributed by atoms with Crippen LogP contribution in [0, 0.1) is 0 Å². The fourth-order valence-electron chi connectivity index (χ4n) is 6.89. The van der Waals surface area contributed by atoms with Crippen LogP contribution in [-0.4, -0.2) is 76.6 Å². The van der Waals surface area contributed by atoms with Gasteiger partial charge in [0, 0.05) is 43.2 Å². The van der Waals surface area contributed by atoms with Gasteiger partial charge in [-0.2, -0.15) is 0 Å². The van der Waals surface area contributed by atoms with Gasteiger partial charge in [-0.05, 0) is 97.3 Å². The minimum Gasteiger partial charge on any atom is -0.506 e. The number of hydrogen-bond donors (Lipinski definition) is 7. The second kappa shape index (κ2) is 20.5. The van der Waals surface area contributed by atoms with Crippen LogP contribution in [0.15, 0.2) is 88.4 Å². The Bertz CT molecular complexity index is 2010. The highest BCUT2D eigenvalue weighted by Crippen LogP contribution is 2.42. The van der Waals surface area contributed by atoms with Gasteiger partial charge in [-0.15, -0.1) is 22.7 Å². The summed E-state index contributed by atoms with van der Waals surface area (Å²) in [6.07, 6.45) is 2.85. The summed E-state index contributed by atoms with van der Waals surface area (Å²) in [5.74, 6) is -0.675. The zero-order valence-electron chi connectivity index (χ0n) is 30.8. The molecule has 0 saturated heterocycles. The number of fused-ring (bicyclic) bond motifs is 1. The van der Waals surface area contributed by atoms with E-state index in [1.807, 2.05) is 66.2 Å². The number of thiophene rings is 2. The summed E-state index contributed by atoms with van der Waals surface area (Å²) in [6.45, 7) is 3.27. The first kappa shape index (κ1) is 44.0. The molecular formula is C40H48F2N4O8S2. The van der Waals surface area contributed by atoms with Gasteiger partial charge >= 0.3 is 5.97 Å². The molecule has 1 aliphatic carbocycles. The number of rotatable bonds is 18. The monoisotopic (exact) mass is 814 g/mol. The van der Waals surface area contributed by atoms with Crippen LogP contribution in [0.5, 0.6) is 11.5 Å². The van der Waals surface area contributed by atoms with Crippen LogP contribution in [0.1, 0.15) is 59.6 Å². The van der Waals surface area contributed by atoms with Gasteiger partial charge in [-0.1, -0.05) is 30.3 Å². The van der Waals surface area contributed by atoms with Gasteiger partial charge in [0.1, 0.15) is 11.5 Å². The van der Waals surface area contributed by atoms with E-state index in [2.05, 4.69) is 20.9 Å². The molecule has 16 heteroatoms. The molecule has 0 radical (unpaired) electrons. The average molecular weight is 815 g/mol. The van der Waals surface area contributed by atoms with Crippen molar-refractivity contribution in [2.75, 3.05) is 26.2 Å². The SMILES string of the molecule is CC(Cc1ccc(OCC(=O)NCCN[C@H]2CC[C@H](OC(C(=O)O)(c3cccs3)c3cccs3)CC2)cc1)NC[C@H](O)c1ccc(O)c2[nH]c(=O)ccc12.F.F. The molecule has 2 aromatic carbocycles. The number of aliphatic hydroxyl groups is 1. The van der Waals surface area contributed by atoms with Crippen LogP contribution in [0.25, 0.3) is 10.9 Å². The van der Waals surface area contributed by atoms with Gasteiger partial charge in [0.05, 0.1) is 27.5 Å². The van der Waals surface area contributed by atoms with Crippen molar-refractivity contribution < 1.29 is 43.8 Å². The van der Waals surface area contributed by atoms with Crippen molar-refractivity contribution in [3.8, 4) is 11.5 Å². The Balaban J connectivity index is 0.00000348. The lowest BCUT2D eigenvalue weighted by Crippen LogP contribution is -2.45. The predicted octanol–water partition coefficient (Wildman–Crippen LogP) is 5.36. The number of amides is 1. The van der Waals surface area contributed by atoms with Gasteiger partial charge in [-0.3, -0.25) is 19.0 Å². The van der Waals surface area contributed by atoms with E-state index in [1.54, 1.807) is 12.1 Å². The second-order valence-corrected chi connectivity index (χ2v) is 15.5. The molecule has 7 N–H and O–H groups in total. The molecule has 6 rings (SSSR count). The highest BCUT2D eigenvalue weighted by Gasteiger charge is 2.48. The van der Waals surface area contributed by atoms with Crippen LogP contribution < -0.4 is 26.2 Å². The number of aliphatic hydroxyl groups excluding tert-OH is 1. The summed E-state index contributed by atoms with van der Waals surface area (Å²) in [5.41, 5.74) is 0.144. The predicted molar refractivity (Wildman–Crippen MR) is 215 cm³/mol. The smallest absolute Gasteiger partial charge is 0.347 e. The van der Waals surface area contributed by atoms with Gasteiger partial charge in [0.15, 0.2) is 6.61 Å². The number of aliphatic carboxylic acids is 1. The molecule has 12 nitrogen and oxygen atoms in total. The molecule has 3 heterocycles. The summed E-state index contributed by atoms with van der Waals surface area (Å²) in [4.78, 5) is 40.8. The molecule has 1 aliphatic rings. The lowest BCUT2D eigenvalue weighted by molar-refractivity contribution is -0.170. The van der Waals surface area contributed by atoms with Crippen LogP contribution in [0.4, 0.5) is 9.41 Å². The van der Waals surface area contributed by atoms with E-state index < -0.39 is 17.7 Å². The van der Waals surface area contributed by atoms with Crippen molar-refractivity contribution >= 4 is 45.5 Å². The van der Waals surface area contributed by atoms with Crippen molar-refractivity contribution in [1.82, 2.24) is 20.9 Å². The van der Waals surface area contributed by atoms with E-state index in [9.17, 15) is 29.7 Å². The highest BCUT2D eigenvalue weighted by atomic mass is 32.1. The van der Waals surface area contributed by atoms with Crippen LogP contribution >= 0.6 is 22.7 Å². The number of carbonyl (C=O) groups excluding carboxylic acids is 1. The van der Waals surface area contributed by atoms with E-state index in [-0.39, 0.29) is 58.0 Å². The molecule has 2 atom stereocenters. The normalized spacial score (nSPS) is 16.6. The molecule has 0 aliphatic heterocycles. The maximum Gasteiger partial charge on any atom is 0.347 e. The minimum absolute atomic E-state index is 0. The maximum absolute atomic E-state index is 12.7. The molecule has 302 valence electrons. The number of halogens is 2. The van der Waals surface area contributed by atoms with E-state index in [1.165, 1.54) is 34.8 Å². The number of carbonyl (C=O) groups is 2. The molecule has 0 bridgehead atoms. The number of hydrogen-bond acceptors (Lipinski definition) is 11. The van der Waals surface area contributed by atoms with E-state index in [0.717, 1.165) is 31.2 Å². The highest BCUT2D eigenvalue weighted by molar-refractivity contribution is 7.12. The Hall–Kier alpha value is -4.71. The molecule has 3 aromatic heterocycles. The number of aromatic amines is 1. The van der Waals surface area contributed by atoms with Gasteiger partial charge in [0.2, 0.25) is 11.2 Å². The number of pyridine rings is 1. The first-order valence-electron chi connectivity index (χ1n) is 18.1. The molecule has 56 heavy (non-hydrogen) atoms. The zero-order chi connectivity index (χ0) is 38.1. The van der Waals surface area contributed by atoms with Crippen molar-refractivity contribution in [3.05, 3.63) is 115 Å². The third kappa shape index (κ3) is 10.8. The Labute approximate surface area is 330 Å². The number of aromatic nitrogens is 1. The number of nitrogens with one attached hydrogen (secondary N) is 4. The number of ether oxygens (including phenoxy) is 2. The van der Waals surface area contributed by atoms with Crippen molar-refractivity contribution in [2.24, 2.45) is 0 Å². The van der Waals surface area contributed by atoms with Gasteiger partial charge in [-0.25, -0.2) is 4.79 Å². The first-order valence-corrected chi connectivity index (χ1v) is 19.9. The molecule has 0 spiro atoms. The van der Waals surface area contributed by atoms with E-state index in [4.69, 9.17) is 9.47 Å². The molecular weight excluding hydrogens is 767 g/mol. The van der Waals surface area contributed by atoms with Crippen LogP contribution in [0.3, 0.4) is 0 Å². The number of phenolic OH excluding ortho intramolecular Hbond substituents is 1. The van der Waals surface area contributed by atoms with Crippen molar-refractivity contribution in [3.63, 3.8) is 0 Å². The maximum atomic E-state index is 12.7. The summed E-state index contributed by atoms with van der Waals surface area (Å²) in [5, 5.41) is 45.4. The first-order chi connectivity index (χ1) is 26.1. The summed E-state index contributed by atoms with van der Waals surface area (Å²) >= 11 is 2.79. The Morgan fingerprint density at radius 2 is 1.61 bits per heavy atom. The summed E-state index contributed by atoms with van der Waals surface area (Å²) < 4.78 is 12.2. The second-order valence-electron chi connectivity index (χ2n) is 13.6. The number of carboxylic acid groups (broad SMARTS) is 1. The topological polar surface area (TPSA) is 182 Å². The van der Waals surface area contributed by atoms with Crippen LogP contribution in [-0.2, 0) is 26.3 Å². The number of phenols is 1. The average Bonchev–Trinajstić information content (AvgIpc) is 3.92. The quantitative estimate of drug-likeness (QED) is 0.0570. The van der Waals surface area contributed by atoms with Gasteiger partial charge in [0.25, 0.3) is 5.91 Å². The third-order valence-electron chi connectivity index (χ3n) is 9.70. The molecule has 1 saturated carbocycles. The third-order valence-corrected chi connectivity index (χ3v) is 11.6. The lowest BCUT2D eigenvalue weighted by Gasteiger charge is -2.36. The van der Waals surface area contributed by atoms with Crippen LogP contribution in [0.2, 0.25) is 0 Å². The minimum atomic E-state index is -1.50. The fraction of sp³-hybridized carbons (Fsp3) is 0.375. The van der Waals surface area contributed by atoms with Gasteiger partial charge < -0.3 is 45.7 Å². The molecule has 1 fully saturated rings. The molecule has 1 amide bonds. The number of H-pyrrole nitrogens is 1. The van der Waals surface area contributed by atoms with E-state index >= 15 is 0 Å². The lowest BCUT2D eigenvalue weighted by atomic mass is 9.91. The largest absolute Gasteiger partial charge is 0.506 e. The fourth-order valence-corrected chi connectivity index (χ4v) is 8.70. The Morgan fingerprint density at radius 1 is 0.929 bits per heavy atom. The summed E-state index contributed by atoms with van der Waals surface area (Å²) in [7, 11) is 0. The van der Waals surface area contributed by atoms with Crippen molar-refractivity contribution in [1.29, 1.82) is 0 Å². The molecule has 5 aromatic rings. The van der Waals surface area contributed by atoms with E-state index in [0.29, 0.717) is 51.5 Å². The Morgan fingerprint density at radius 3 is 2.23 bits per heavy atom. The van der Waals surface area contributed by atoms with Crippen molar-refractivity contribution in [2.45, 2.75) is 68.9 Å². The number of aromatic hydroxyl groups is 1. The summed E-state index contributed by atoms with van der Waals surface area (Å²) in [6, 6.07) is 21.3. The molecule has 1 unspecified atom stereocenters. The number of carboxylic acids is 1.